The van der Waals surface area contributed by atoms with Gasteiger partial charge < -0.3 is 5.32 Å². The number of nitro groups is 4. The summed E-state index contributed by atoms with van der Waals surface area (Å²) in [5.41, 5.74) is 0. The Hall–Kier alpha value is -1.54. The Labute approximate surface area is 170 Å². The zero-order valence-corrected chi connectivity index (χ0v) is 16.1. The largest absolute Gasteiger partial charge is 0.628 e. The van der Waals surface area contributed by atoms with E-state index in [-0.39, 0.29) is 32.7 Å². The Morgan fingerprint density at radius 2 is 1.35 bits per heavy atom. The molecule has 3 heterocycles. The minimum Gasteiger partial charge on any atom is -0.628 e. The van der Waals surface area contributed by atoms with Crippen molar-refractivity contribution in [2.24, 2.45) is 23.7 Å². The summed E-state index contributed by atoms with van der Waals surface area (Å²) in [7, 11) is 0. The number of hydrazine groups is 1. The van der Waals surface area contributed by atoms with Crippen LogP contribution in [0.2, 0.25) is 0 Å². The average molecular weight is 446 g/mol. The third-order valence-electron chi connectivity index (χ3n) is 6.44. The summed E-state index contributed by atoms with van der Waals surface area (Å²) in [5, 5.41) is 50.4. The summed E-state index contributed by atoms with van der Waals surface area (Å²) in [4.78, 5) is 44.4. The molecule has 0 N–H and O–H groups in total. The van der Waals surface area contributed by atoms with Crippen LogP contribution in [0.15, 0.2) is 0 Å². The van der Waals surface area contributed by atoms with Crippen molar-refractivity contribution in [2.75, 3.05) is 0 Å². The third kappa shape index (κ3) is 2.08. The molecule has 3 saturated heterocycles. The summed E-state index contributed by atoms with van der Waals surface area (Å²) in [6.07, 6.45) is -1.16. The van der Waals surface area contributed by atoms with Crippen molar-refractivity contribution in [3.8, 4) is 0 Å². The minimum absolute atomic E-state index is 0. The molecular formula is C11H13N6O8Y-. The van der Waals surface area contributed by atoms with Crippen LogP contribution >= 0.6 is 0 Å². The predicted molar refractivity (Wildman–Crippen MR) is 75.5 cm³/mol. The summed E-state index contributed by atoms with van der Waals surface area (Å²) < 4.78 is 0. The molecule has 14 nitrogen and oxygen atoms in total. The SMILES string of the molecule is CC1C2C3[N-]C4C1C([N+](=O)[O-])C(C(C3[N+](=O)[O-])C2[N+](=O)[O-])N4[N+](=O)[O-].[Y]. The Morgan fingerprint density at radius 1 is 0.808 bits per heavy atom. The van der Waals surface area contributed by atoms with E-state index in [1.54, 1.807) is 6.92 Å². The van der Waals surface area contributed by atoms with Crippen LogP contribution in [0, 0.1) is 64.1 Å². The monoisotopic (exact) mass is 446 g/mol. The van der Waals surface area contributed by atoms with Crippen molar-refractivity contribution >= 4 is 0 Å². The van der Waals surface area contributed by atoms with Gasteiger partial charge >= 0.3 is 0 Å². The topological polar surface area (TPSA) is 190 Å². The van der Waals surface area contributed by atoms with Gasteiger partial charge in [0, 0.05) is 65.5 Å². The van der Waals surface area contributed by atoms with Gasteiger partial charge in [0.2, 0.25) is 18.1 Å². The molecule has 10 unspecified atom stereocenters. The molecule has 0 aromatic heterocycles. The molecule has 1 radical (unpaired) electrons. The van der Waals surface area contributed by atoms with Crippen LogP contribution in [0.3, 0.4) is 0 Å². The Bertz CT molecular complexity index is 652. The minimum atomic E-state index is -1.52. The van der Waals surface area contributed by atoms with Crippen molar-refractivity contribution in [2.45, 2.75) is 43.3 Å². The first-order chi connectivity index (χ1) is 11.7. The smallest absolute Gasteiger partial charge is 0.243 e. The molecule has 0 aromatic rings. The molecule has 10 atom stereocenters. The van der Waals surface area contributed by atoms with E-state index in [2.05, 4.69) is 5.32 Å². The van der Waals surface area contributed by atoms with Crippen LogP contribution in [0.4, 0.5) is 0 Å². The maximum Gasteiger partial charge on any atom is 0.243 e. The number of hydrogen-bond acceptors (Lipinski definition) is 8. The quantitative estimate of drug-likeness (QED) is 0.400. The van der Waals surface area contributed by atoms with E-state index in [0.717, 1.165) is 0 Å². The molecular weight excluding hydrogens is 433 g/mol. The number of hydrogen-bond donors (Lipinski definition) is 0. The molecule has 6 bridgehead atoms. The Morgan fingerprint density at radius 3 is 1.81 bits per heavy atom. The van der Waals surface area contributed by atoms with Crippen LogP contribution in [0.1, 0.15) is 6.92 Å². The fourth-order valence-electron chi connectivity index (χ4n) is 5.85. The van der Waals surface area contributed by atoms with Gasteiger partial charge in [0.1, 0.15) is 5.92 Å². The molecule has 0 spiro atoms. The Kier molecular flexibility index (Phi) is 4.43. The fourth-order valence-corrected chi connectivity index (χ4v) is 5.85. The van der Waals surface area contributed by atoms with E-state index in [0.29, 0.717) is 5.01 Å². The van der Waals surface area contributed by atoms with Gasteiger partial charge in [0.05, 0.1) is 0 Å². The molecule has 5 aliphatic rings. The molecule has 139 valence electrons. The summed E-state index contributed by atoms with van der Waals surface area (Å²) >= 11 is 0. The van der Waals surface area contributed by atoms with Gasteiger partial charge in [-0.25, -0.2) is 10.1 Å². The van der Waals surface area contributed by atoms with Gasteiger partial charge in [-0.2, -0.15) is 0 Å². The van der Waals surface area contributed by atoms with Gasteiger partial charge in [-0.3, -0.25) is 30.3 Å². The van der Waals surface area contributed by atoms with Gasteiger partial charge in [-0.15, -0.1) is 5.01 Å². The van der Waals surface area contributed by atoms with E-state index in [9.17, 15) is 40.5 Å². The van der Waals surface area contributed by atoms with Crippen molar-refractivity contribution in [1.29, 1.82) is 0 Å². The zero-order valence-electron chi connectivity index (χ0n) is 13.3. The first kappa shape index (κ1) is 19.2. The maximum absolute atomic E-state index is 11.7. The third-order valence-corrected chi connectivity index (χ3v) is 6.44. The van der Waals surface area contributed by atoms with E-state index in [1.165, 1.54) is 0 Å². The zero-order chi connectivity index (χ0) is 18.4. The van der Waals surface area contributed by atoms with Gasteiger partial charge in [-0.1, -0.05) is 13.0 Å². The molecule has 5 fully saturated rings. The fraction of sp³-hybridized carbons (Fsp3) is 1.00. The van der Waals surface area contributed by atoms with Crippen molar-refractivity contribution in [3.05, 3.63) is 45.8 Å². The number of rotatable bonds is 4. The van der Waals surface area contributed by atoms with Crippen LogP contribution in [0.5, 0.6) is 0 Å². The molecule has 0 aromatic carbocycles. The molecule has 0 amide bonds. The summed E-state index contributed by atoms with van der Waals surface area (Å²) in [6, 6.07) is -7.03. The first-order valence-corrected chi connectivity index (χ1v) is 7.71. The van der Waals surface area contributed by atoms with Gasteiger partial charge in [-0.05, 0) is 5.92 Å². The van der Waals surface area contributed by atoms with Crippen molar-refractivity contribution in [3.63, 3.8) is 0 Å². The van der Waals surface area contributed by atoms with Gasteiger partial charge in [0.15, 0.2) is 11.1 Å². The van der Waals surface area contributed by atoms with Crippen molar-refractivity contribution in [1.82, 2.24) is 5.01 Å². The standard InChI is InChI=1S/C11H13N6O8.Y/c1-2-3-6-8(15(20)21)5(7(3)14(18)19)9-10(16(22)23)4(2)11(12-6)13(9)17(24)25;/h2-11H,1H3;/q-1;. The molecule has 26 heavy (non-hydrogen) atoms. The van der Waals surface area contributed by atoms with E-state index >= 15 is 0 Å². The predicted octanol–water partition coefficient (Wildman–Crippen LogP) is -0.610. The van der Waals surface area contributed by atoms with E-state index in [4.69, 9.17) is 0 Å². The second-order valence-electron chi connectivity index (χ2n) is 7.08. The normalized spacial score (nSPS) is 47.3. The molecule has 2 aliphatic carbocycles. The maximum atomic E-state index is 11.7. The first-order valence-electron chi connectivity index (χ1n) is 7.71. The number of nitrogens with zero attached hydrogens (tertiary/aromatic N) is 6. The van der Waals surface area contributed by atoms with Crippen LogP contribution in [-0.2, 0) is 32.7 Å². The molecule has 5 rings (SSSR count). The molecule has 15 heteroatoms. The van der Waals surface area contributed by atoms with Crippen LogP contribution in [0.25, 0.3) is 5.32 Å². The Balaban J connectivity index is 0.00000196. The summed E-state index contributed by atoms with van der Waals surface area (Å²) in [5.74, 6) is -3.77. The van der Waals surface area contributed by atoms with Crippen LogP contribution in [-0.4, -0.2) is 61.2 Å². The summed E-state index contributed by atoms with van der Waals surface area (Å²) in [6.45, 7) is 1.56. The molecule has 3 aliphatic heterocycles. The molecule has 2 saturated carbocycles. The van der Waals surface area contributed by atoms with Gasteiger partial charge in [0.25, 0.3) is 0 Å². The van der Waals surface area contributed by atoms with E-state index < -0.39 is 79.8 Å². The second-order valence-corrected chi connectivity index (χ2v) is 7.08. The number of piperidine rings is 1. The second kappa shape index (κ2) is 5.99. The van der Waals surface area contributed by atoms with E-state index in [1.807, 2.05) is 0 Å². The van der Waals surface area contributed by atoms with Crippen LogP contribution < -0.4 is 0 Å². The van der Waals surface area contributed by atoms with Crippen molar-refractivity contribution < 1.29 is 52.5 Å². The average Bonchev–Trinajstić information content (AvgIpc) is 2.92.